The molecule has 2 N–H and O–H groups in total. The van der Waals surface area contributed by atoms with Gasteiger partial charge in [-0.3, -0.25) is 9.36 Å². The van der Waals surface area contributed by atoms with Gasteiger partial charge < -0.3 is 10.6 Å². The van der Waals surface area contributed by atoms with Gasteiger partial charge in [0.2, 0.25) is 5.95 Å². The van der Waals surface area contributed by atoms with Crippen molar-refractivity contribution >= 4 is 11.8 Å². The van der Waals surface area contributed by atoms with E-state index in [2.05, 4.69) is 16.8 Å². The summed E-state index contributed by atoms with van der Waals surface area (Å²) in [5.74, 6) is -0.615. The number of anilines is 2. The summed E-state index contributed by atoms with van der Waals surface area (Å²) in [5.41, 5.74) is 6.49. The zero-order valence-electron chi connectivity index (χ0n) is 16.3. The fourth-order valence-corrected chi connectivity index (χ4v) is 4.94. The second-order valence-corrected chi connectivity index (χ2v) is 8.50. The summed E-state index contributed by atoms with van der Waals surface area (Å²) in [4.78, 5) is 19.5. The number of benzene rings is 1. The first-order chi connectivity index (χ1) is 13.3. The topological polar surface area (TPSA) is 64.2 Å². The molecule has 1 aromatic heterocycles. The van der Waals surface area contributed by atoms with Crippen molar-refractivity contribution in [3.8, 4) is 11.1 Å². The Morgan fingerprint density at radius 2 is 1.89 bits per heavy atom. The van der Waals surface area contributed by atoms with Gasteiger partial charge in [0.1, 0.15) is 5.82 Å². The maximum absolute atomic E-state index is 13.6. The highest BCUT2D eigenvalue weighted by atomic mass is 19.2. The molecule has 1 saturated carbocycles. The van der Waals surface area contributed by atoms with Gasteiger partial charge in [-0.05, 0) is 54.7 Å². The summed E-state index contributed by atoms with van der Waals surface area (Å²) in [6, 6.07) is 3.32. The lowest BCUT2D eigenvalue weighted by atomic mass is 9.76. The summed E-state index contributed by atoms with van der Waals surface area (Å²) in [7, 11) is 1.65. The number of hydrogen-bond donors (Lipinski definition) is 1. The first-order valence-corrected chi connectivity index (χ1v) is 9.86. The summed E-state index contributed by atoms with van der Waals surface area (Å²) in [6.07, 6.45) is 6.05. The number of piperidine rings is 1. The molecule has 150 valence electrons. The maximum Gasteiger partial charge on any atom is 0.264 e. The fraction of sp³-hybridized carbons (Fsp3) is 0.524. The molecule has 1 spiro atoms. The van der Waals surface area contributed by atoms with Gasteiger partial charge in [-0.15, -0.1) is 0 Å². The van der Waals surface area contributed by atoms with Crippen LogP contribution in [0, 0.1) is 23.0 Å². The average Bonchev–Trinajstić information content (AvgIpc) is 3.02. The van der Waals surface area contributed by atoms with Crippen LogP contribution in [0.5, 0.6) is 0 Å². The number of nitrogen functional groups attached to an aromatic ring is 1. The first-order valence-electron chi connectivity index (χ1n) is 9.86. The third-order valence-corrected chi connectivity index (χ3v) is 6.56. The maximum atomic E-state index is 13.6. The van der Waals surface area contributed by atoms with Crippen LogP contribution in [0.25, 0.3) is 11.1 Å². The van der Waals surface area contributed by atoms with Gasteiger partial charge in [0.25, 0.3) is 5.56 Å². The van der Waals surface area contributed by atoms with Crippen molar-refractivity contribution in [3.05, 3.63) is 40.2 Å². The molecule has 1 atom stereocenters. The largest absolute Gasteiger partial charge is 0.383 e. The quantitative estimate of drug-likeness (QED) is 0.852. The molecule has 5 nitrogen and oxygen atoms in total. The second-order valence-electron chi connectivity index (χ2n) is 8.50. The lowest BCUT2D eigenvalue weighted by molar-refractivity contribution is 0.217. The Balaban J connectivity index is 1.63. The minimum absolute atomic E-state index is 0.0406. The van der Waals surface area contributed by atoms with Crippen LogP contribution in [0.1, 0.15) is 39.0 Å². The van der Waals surface area contributed by atoms with E-state index in [9.17, 15) is 13.6 Å². The highest BCUT2D eigenvalue weighted by molar-refractivity contribution is 5.74. The van der Waals surface area contributed by atoms with Crippen LogP contribution in [-0.2, 0) is 7.05 Å². The lowest BCUT2D eigenvalue weighted by Gasteiger charge is -2.40. The molecule has 2 fully saturated rings. The zero-order valence-corrected chi connectivity index (χ0v) is 16.3. The number of halogens is 2. The molecule has 0 radical (unpaired) electrons. The van der Waals surface area contributed by atoms with Crippen molar-refractivity contribution in [1.82, 2.24) is 9.55 Å². The monoisotopic (exact) mass is 388 g/mol. The van der Waals surface area contributed by atoms with Gasteiger partial charge in [-0.2, -0.15) is 4.98 Å². The van der Waals surface area contributed by atoms with Gasteiger partial charge in [-0.25, -0.2) is 8.78 Å². The van der Waals surface area contributed by atoms with E-state index in [-0.39, 0.29) is 22.5 Å². The van der Waals surface area contributed by atoms with Crippen LogP contribution in [-0.4, -0.2) is 22.6 Å². The summed E-state index contributed by atoms with van der Waals surface area (Å²) >= 11 is 0. The average molecular weight is 388 g/mol. The van der Waals surface area contributed by atoms with Crippen molar-refractivity contribution in [2.75, 3.05) is 23.7 Å². The van der Waals surface area contributed by atoms with E-state index in [1.54, 1.807) is 7.05 Å². The van der Waals surface area contributed by atoms with Crippen LogP contribution in [0.15, 0.2) is 23.0 Å². The highest BCUT2D eigenvalue weighted by Crippen LogP contribution is 2.49. The summed E-state index contributed by atoms with van der Waals surface area (Å²) in [5, 5.41) is 0. The molecule has 2 aliphatic rings. The summed E-state index contributed by atoms with van der Waals surface area (Å²) < 4.78 is 28.3. The Hall–Kier alpha value is -2.44. The minimum atomic E-state index is -1.02. The molecule has 7 heteroatoms. The Bertz CT molecular complexity index is 964. The van der Waals surface area contributed by atoms with Gasteiger partial charge in [0, 0.05) is 20.1 Å². The van der Waals surface area contributed by atoms with E-state index in [1.165, 1.54) is 29.9 Å². The normalized spacial score (nSPS) is 21.4. The summed E-state index contributed by atoms with van der Waals surface area (Å²) in [6.45, 7) is 4.01. The number of nitrogens with zero attached hydrogens (tertiary/aromatic N) is 3. The predicted octanol–water partition coefficient (Wildman–Crippen LogP) is 3.71. The standard InChI is InChI=1S/C21H26F2N4O/c1-13-5-6-21(12-13)7-9-27(10-8-21)20-25-18(24)17(19(28)26(20)2)14-3-4-15(22)16(23)11-14/h3-4,11,13H,5-10,12,24H2,1-2H3/t13-/m0/s1. The second kappa shape index (κ2) is 6.87. The molecule has 2 aromatic rings. The van der Waals surface area contributed by atoms with Gasteiger partial charge in [0.05, 0.1) is 5.56 Å². The molecule has 1 saturated heterocycles. The highest BCUT2D eigenvalue weighted by Gasteiger charge is 2.40. The molecule has 0 unspecified atom stereocenters. The zero-order chi connectivity index (χ0) is 20.1. The molecule has 0 bridgehead atoms. The van der Waals surface area contributed by atoms with E-state index in [1.807, 2.05) is 0 Å². The Morgan fingerprint density at radius 3 is 2.50 bits per heavy atom. The van der Waals surface area contributed by atoms with Crippen LogP contribution in [0.4, 0.5) is 20.5 Å². The molecule has 0 amide bonds. The van der Waals surface area contributed by atoms with Crippen molar-refractivity contribution in [2.24, 2.45) is 18.4 Å². The molecule has 1 aromatic carbocycles. The molecule has 4 rings (SSSR count). The van der Waals surface area contributed by atoms with Crippen molar-refractivity contribution < 1.29 is 8.78 Å². The Morgan fingerprint density at radius 1 is 1.18 bits per heavy atom. The van der Waals surface area contributed by atoms with Crippen LogP contribution in [0.3, 0.4) is 0 Å². The molecule has 28 heavy (non-hydrogen) atoms. The fourth-order valence-electron chi connectivity index (χ4n) is 4.94. The first kappa shape index (κ1) is 18.9. The number of rotatable bonds is 2. The van der Waals surface area contributed by atoms with Crippen LogP contribution >= 0.6 is 0 Å². The van der Waals surface area contributed by atoms with E-state index in [4.69, 9.17) is 5.73 Å². The SMILES string of the molecule is C[C@H]1CCC2(CCN(c3nc(N)c(-c4ccc(F)c(F)c4)c(=O)n3C)CC2)C1. The van der Waals surface area contributed by atoms with Gasteiger partial charge >= 0.3 is 0 Å². The van der Waals surface area contributed by atoms with E-state index < -0.39 is 11.6 Å². The minimum Gasteiger partial charge on any atom is -0.383 e. The molecular weight excluding hydrogens is 362 g/mol. The van der Waals surface area contributed by atoms with Gasteiger partial charge in [-0.1, -0.05) is 19.4 Å². The number of hydrogen-bond acceptors (Lipinski definition) is 4. The van der Waals surface area contributed by atoms with Gasteiger partial charge in [0.15, 0.2) is 11.6 Å². The van der Waals surface area contributed by atoms with E-state index in [0.717, 1.165) is 44.0 Å². The van der Waals surface area contributed by atoms with Crippen molar-refractivity contribution in [2.45, 2.75) is 39.0 Å². The number of aromatic nitrogens is 2. The third-order valence-electron chi connectivity index (χ3n) is 6.56. The predicted molar refractivity (Wildman–Crippen MR) is 106 cm³/mol. The van der Waals surface area contributed by atoms with Crippen molar-refractivity contribution in [1.29, 1.82) is 0 Å². The Kier molecular flexibility index (Phi) is 4.63. The van der Waals surface area contributed by atoms with E-state index in [0.29, 0.717) is 11.4 Å². The number of nitrogens with two attached hydrogens (primary N) is 1. The molecule has 1 aliphatic heterocycles. The van der Waals surface area contributed by atoms with Crippen LogP contribution in [0.2, 0.25) is 0 Å². The molecule has 1 aliphatic carbocycles. The Labute approximate surface area is 163 Å². The van der Waals surface area contributed by atoms with Crippen molar-refractivity contribution in [3.63, 3.8) is 0 Å². The smallest absolute Gasteiger partial charge is 0.264 e. The third kappa shape index (κ3) is 3.16. The van der Waals surface area contributed by atoms with Crippen LogP contribution < -0.4 is 16.2 Å². The molecule has 2 heterocycles. The lowest BCUT2D eigenvalue weighted by Crippen LogP contribution is -2.42. The van der Waals surface area contributed by atoms with E-state index >= 15 is 0 Å². The molecular formula is C21H26F2N4O.